The first-order valence-electron chi connectivity index (χ1n) is 7.35. The number of hydrogen-bond donors (Lipinski definition) is 0. The second-order valence-corrected chi connectivity index (χ2v) is 7.08. The number of carbonyl (C=O) groups excluding carboxylic acids is 1. The summed E-state index contributed by atoms with van der Waals surface area (Å²) in [6.45, 7) is 0. The van der Waals surface area contributed by atoms with Gasteiger partial charge in [0.1, 0.15) is 11.4 Å². The Morgan fingerprint density at radius 1 is 1.04 bits per heavy atom. The molecule has 0 amide bonds. The Balaban J connectivity index is 1.55. The molecule has 0 aliphatic carbocycles. The molecule has 116 valence electrons. The second-order valence-electron chi connectivity index (χ2n) is 5.08. The smallest absolute Gasteiger partial charge is 0.162 e. The highest BCUT2D eigenvalue weighted by Gasteiger charge is 2.07. The molecule has 5 heteroatoms. The van der Waals surface area contributed by atoms with Crippen LogP contribution in [0.1, 0.15) is 23.2 Å². The molecule has 0 saturated carbocycles. The van der Waals surface area contributed by atoms with Crippen molar-refractivity contribution in [2.24, 2.45) is 0 Å². The highest BCUT2D eigenvalue weighted by atomic mass is 79.9. The van der Waals surface area contributed by atoms with Crippen molar-refractivity contribution in [1.29, 1.82) is 0 Å². The number of thioether (sulfide) groups is 1. The van der Waals surface area contributed by atoms with Gasteiger partial charge >= 0.3 is 0 Å². The van der Waals surface area contributed by atoms with E-state index >= 15 is 0 Å². The first-order valence-corrected chi connectivity index (χ1v) is 9.13. The molecule has 0 fully saturated rings. The molecule has 0 N–H and O–H groups in total. The number of rotatable bonds is 6. The Kier molecular flexibility index (Phi) is 5.41. The lowest BCUT2D eigenvalue weighted by Gasteiger charge is -2.04. The van der Waals surface area contributed by atoms with Gasteiger partial charge in [0, 0.05) is 21.8 Å². The topological polar surface area (TPSA) is 42.9 Å². The number of nitrogens with zero attached hydrogens (tertiary/aromatic N) is 2. The van der Waals surface area contributed by atoms with Gasteiger partial charge < -0.3 is 0 Å². The second kappa shape index (κ2) is 7.70. The lowest BCUT2D eigenvalue weighted by atomic mass is 10.1. The fourth-order valence-electron chi connectivity index (χ4n) is 2.28. The monoisotopic (exact) mass is 386 g/mol. The lowest BCUT2D eigenvalue weighted by molar-refractivity contribution is 0.0982. The van der Waals surface area contributed by atoms with Gasteiger partial charge in [0.2, 0.25) is 0 Å². The SMILES string of the molecule is O=C(CCCSc1ncnc2ccccc12)c1ccc(Br)cc1. The molecule has 1 heterocycles. The molecule has 2 aromatic carbocycles. The van der Waals surface area contributed by atoms with E-state index in [4.69, 9.17) is 0 Å². The van der Waals surface area contributed by atoms with Crippen LogP contribution in [-0.4, -0.2) is 21.5 Å². The van der Waals surface area contributed by atoms with Crippen LogP contribution in [0.3, 0.4) is 0 Å². The maximum absolute atomic E-state index is 12.1. The zero-order chi connectivity index (χ0) is 16.1. The van der Waals surface area contributed by atoms with Crippen LogP contribution in [-0.2, 0) is 0 Å². The molecule has 23 heavy (non-hydrogen) atoms. The van der Waals surface area contributed by atoms with Crippen LogP contribution >= 0.6 is 27.7 Å². The van der Waals surface area contributed by atoms with E-state index in [1.165, 1.54) is 0 Å². The molecule has 0 spiro atoms. The van der Waals surface area contributed by atoms with Crippen molar-refractivity contribution in [3.63, 3.8) is 0 Å². The van der Waals surface area contributed by atoms with Gasteiger partial charge in [-0.1, -0.05) is 46.3 Å². The third kappa shape index (κ3) is 4.18. The maximum atomic E-state index is 12.1. The third-order valence-electron chi connectivity index (χ3n) is 3.46. The van der Waals surface area contributed by atoms with Gasteiger partial charge in [-0.05, 0) is 30.4 Å². The summed E-state index contributed by atoms with van der Waals surface area (Å²) in [5.74, 6) is 1.05. The first kappa shape index (κ1) is 16.1. The van der Waals surface area contributed by atoms with Crippen LogP contribution in [0.15, 0.2) is 64.4 Å². The van der Waals surface area contributed by atoms with Crippen molar-refractivity contribution in [2.75, 3.05) is 5.75 Å². The average molecular weight is 387 g/mol. The van der Waals surface area contributed by atoms with Crippen LogP contribution < -0.4 is 0 Å². The predicted octanol–water partition coefficient (Wildman–Crippen LogP) is 5.15. The molecule has 0 bridgehead atoms. The van der Waals surface area contributed by atoms with Crippen LogP contribution in [0.2, 0.25) is 0 Å². The summed E-state index contributed by atoms with van der Waals surface area (Å²) in [6, 6.07) is 15.5. The molecule has 1 aromatic heterocycles. The summed E-state index contributed by atoms with van der Waals surface area (Å²) >= 11 is 5.06. The summed E-state index contributed by atoms with van der Waals surface area (Å²) in [6.07, 6.45) is 2.98. The highest BCUT2D eigenvalue weighted by molar-refractivity contribution is 9.10. The average Bonchev–Trinajstić information content (AvgIpc) is 2.59. The van der Waals surface area contributed by atoms with E-state index in [2.05, 4.69) is 25.9 Å². The molecule has 0 radical (unpaired) electrons. The Hall–Kier alpha value is -1.72. The molecule has 0 atom stereocenters. The lowest BCUT2D eigenvalue weighted by Crippen LogP contribution is -1.99. The molecule has 3 nitrogen and oxygen atoms in total. The van der Waals surface area contributed by atoms with Crippen LogP contribution in [0.5, 0.6) is 0 Å². The Bertz CT molecular complexity index is 815. The van der Waals surface area contributed by atoms with Gasteiger partial charge in [0.05, 0.1) is 5.52 Å². The third-order valence-corrected chi connectivity index (χ3v) is 5.08. The van der Waals surface area contributed by atoms with E-state index in [1.807, 2.05) is 48.5 Å². The Labute approximate surface area is 147 Å². The van der Waals surface area contributed by atoms with Gasteiger partial charge in [0.15, 0.2) is 5.78 Å². The fourth-order valence-corrected chi connectivity index (χ4v) is 3.47. The van der Waals surface area contributed by atoms with E-state index in [0.717, 1.165) is 38.1 Å². The van der Waals surface area contributed by atoms with E-state index in [0.29, 0.717) is 6.42 Å². The van der Waals surface area contributed by atoms with Crippen LogP contribution in [0, 0.1) is 0 Å². The minimum absolute atomic E-state index is 0.186. The van der Waals surface area contributed by atoms with Gasteiger partial charge in [-0.3, -0.25) is 4.79 Å². The maximum Gasteiger partial charge on any atom is 0.162 e. The van der Waals surface area contributed by atoms with E-state index < -0.39 is 0 Å². The van der Waals surface area contributed by atoms with E-state index in [9.17, 15) is 4.79 Å². The van der Waals surface area contributed by atoms with Gasteiger partial charge in [0.25, 0.3) is 0 Å². The molecule has 0 aliphatic rings. The molecular weight excluding hydrogens is 372 g/mol. The normalized spacial score (nSPS) is 10.8. The molecule has 0 aliphatic heterocycles. The zero-order valence-electron chi connectivity index (χ0n) is 12.4. The Morgan fingerprint density at radius 2 is 1.83 bits per heavy atom. The molecule has 3 aromatic rings. The number of fused-ring (bicyclic) bond motifs is 1. The summed E-state index contributed by atoms with van der Waals surface area (Å²) in [5.41, 5.74) is 1.72. The van der Waals surface area contributed by atoms with Crippen molar-refractivity contribution in [2.45, 2.75) is 17.9 Å². The number of Topliss-reactive ketones (excluding diaryl/α,β-unsaturated/α-hetero) is 1. The quantitative estimate of drug-likeness (QED) is 0.254. The minimum Gasteiger partial charge on any atom is -0.294 e. The number of para-hydroxylation sites is 1. The van der Waals surface area contributed by atoms with Crippen molar-refractivity contribution >= 4 is 44.4 Å². The zero-order valence-corrected chi connectivity index (χ0v) is 14.8. The largest absolute Gasteiger partial charge is 0.294 e. The summed E-state index contributed by atoms with van der Waals surface area (Å²) in [4.78, 5) is 20.7. The van der Waals surface area contributed by atoms with Crippen LogP contribution in [0.25, 0.3) is 10.9 Å². The number of benzene rings is 2. The van der Waals surface area contributed by atoms with Crippen molar-refractivity contribution in [3.8, 4) is 0 Å². The first-order chi connectivity index (χ1) is 11.2. The van der Waals surface area contributed by atoms with E-state index in [1.54, 1.807) is 18.1 Å². The van der Waals surface area contributed by atoms with E-state index in [-0.39, 0.29) is 5.78 Å². The fraction of sp³-hybridized carbons (Fsp3) is 0.167. The van der Waals surface area contributed by atoms with Crippen molar-refractivity contribution in [3.05, 3.63) is 64.9 Å². The van der Waals surface area contributed by atoms with Crippen molar-refractivity contribution < 1.29 is 4.79 Å². The highest BCUT2D eigenvalue weighted by Crippen LogP contribution is 2.25. The summed E-state index contributed by atoms with van der Waals surface area (Å²) < 4.78 is 0.986. The number of halogens is 1. The standard InChI is InChI=1S/C18H15BrN2OS/c19-14-9-7-13(8-10-14)17(22)6-3-11-23-18-15-4-1-2-5-16(15)20-12-21-18/h1-2,4-5,7-10,12H,3,6,11H2. The predicted molar refractivity (Wildman–Crippen MR) is 98.0 cm³/mol. The molecule has 0 unspecified atom stereocenters. The number of carbonyl (C=O) groups is 1. The van der Waals surface area contributed by atoms with Crippen molar-refractivity contribution in [1.82, 2.24) is 9.97 Å². The number of hydrogen-bond acceptors (Lipinski definition) is 4. The molecular formula is C18H15BrN2OS. The summed E-state index contributed by atoms with van der Waals surface area (Å²) in [7, 11) is 0. The van der Waals surface area contributed by atoms with Crippen LogP contribution in [0.4, 0.5) is 0 Å². The van der Waals surface area contributed by atoms with Gasteiger partial charge in [-0.2, -0.15) is 0 Å². The Morgan fingerprint density at radius 3 is 2.65 bits per heavy atom. The number of ketones is 1. The minimum atomic E-state index is 0.186. The molecule has 0 saturated heterocycles. The van der Waals surface area contributed by atoms with Gasteiger partial charge in [-0.25, -0.2) is 9.97 Å². The molecule has 3 rings (SSSR count). The number of aromatic nitrogens is 2. The van der Waals surface area contributed by atoms with Gasteiger partial charge in [-0.15, -0.1) is 11.8 Å². The summed E-state index contributed by atoms with van der Waals surface area (Å²) in [5, 5.41) is 2.05.